The lowest BCUT2D eigenvalue weighted by molar-refractivity contribution is -0.161. The minimum atomic E-state index is -4.94. The second-order valence-corrected chi connectivity index (χ2v) is 26.2. The maximum Gasteiger partial charge on any atom is 0.472 e. The van der Waals surface area contributed by atoms with Crippen molar-refractivity contribution in [3.05, 3.63) is 0 Å². The van der Waals surface area contributed by atoms with E-state index >= 15 is 0 Å². The van der Waals surface area contributed by atoms with Crippen LogP contribution in [0, 0.1) is 5.92 Å². The first-order chi connectivity index (χ1) is 39.5. The van der Waals surface area contributed by atoms with Crippen LogP contribution >= 0.6 is 15.6 Å². The molecule has 0 heterocycles. The molecule has 486 valence electrons. The lowest BCUT2D eigenvalue weighted by Crippen LogP contribution is -2.30. The van der Waals surface area contributed by atoms with Crippen molar-refractivity contribution in [3.63, 3.8) is 0 Å². The molecule has 2 unspecified atom stereocenters. The van der Waals surface area contributed by atoms with Gasteiger partial charge in [-0.1, -0.05) is 266 Å². The fraction of sp³-hybridized carbons (Fsp3) is 0.937. The first kappa shape index (κ1) is 80.1. The van der Waals surface area contributed by atoms with Gasteiger partial charge in [0.1, 0.15) is 19.3 Å². The van der Waals surface area contributed by atoms with Gasteiger partial charge in [0.25, 0.3) is 0 Å². The summed E-state index contributed by atoms with van der Waals surface area (Å²) >= 11 is 0. The van der Waals surface area contributed by atoms with Crippen molar-refractivity contribution in [2.24, 2.45) is 5.92 Å². The summed E-state index contributed by atoms with van der Waals surface area (Å²) in [5, 5.41) is 10.5. The Morgan fingerprint density at radius 3 is 0.829 bits per heavy atom. The molecule has 0 radical (unpaired) electrons. The van der Waals surface area contributed by atoms with Crippen LogP contribution in [-0.2, 0) is 65.4 Å². The lowest BCUT2D eigenvalue weighted by atomic mass is 10.0. The largest absolute Gasteiger partial charge is 0.472 e. The second kappa shape index (κ2) is 56.8. The van der Waals surface area contributed by atoms with Gasteiger partial charge in [0.2, 0.25) is 0 Å². The summed E-state index contributed by atoms with van der Waals surface area (Å²) in [6.45, 7) is 7.04. The zero-order chi connectivity index (χ0) is 60.6. The van der Waals surface area contributed by atoms with Crippen LogP contribution in [0.5, 0.6) is 0 Å². The number of ether oxygens (including phenoxy) is 4. The van der Waals surface area contributed by atoms with Gasteiger partial charge in [-0.15, -0.1) is 0 Å². The van der Waals surface area contributed by atoms with Gasteiger partial charge < -0.3 is 33.8 Å². The third-order valence-corrected chi connectivity index (χ3v) is 16.4. The van der Waals surface area contributed by atoms with Crippen molar-refractivity contribution in [2.75, 3.05) is 39.6 Å². The summed E-state index contributed by atoms with van der Waals surface area (Å²) < 4.78 is 67.7. The minimum Gasteiger partial charge on any atom is -0.462 e. The van der Waals surface area contributed by atoms with Gasteiger partial charge in [-0.25, -0.2) is 9.13 Å². The predicted molar refractivity (Wildman–Crippen MR) is 326 cm³/mol. The van der Waals surface area contributed by atoms with Crippen molar-refractivity contribution in [1.29, 1.82) is 0 Å². The smallest absolute Gasteiger partial charge is 0.462 e. The Kier molecular flexibility index (Phi) is 55.5. The highest BCUT2D eigenvalue weighted by molar-refractivity contribution is 7.47. The van der Waals surface area contributed by atoms with Crippen LogP contribution in [-0.4, -0.2) is 96.7 Å². The molecule has 0 aliphatic rings. The van der Waals surface area contributed by atoms with Crippen LogP contribution in [0.4, 0.5) is 0 Å². The number of aliphatic hydroxyl groups excluding tert-OH is 1. The first-order valence-electron chi connectivity index (χ1n) is 33.1. The van der Waals surface area contributed by atoms with E-state index in [9.17, 15) is 43.2 Å². The number of rotatable bonds is 63. The summed E-state index contributed by atoms with van der Waals surface area (Å²) in [5.74, 6) is -1.44. The van der Waals surface area contributed by atoms with Gasteiger partial charge in [-0.05, 0) is 31.6 Å². The molecule has 0 spiro atoms. The average molecular weight is 1210 g/mol. The van der Waals surface area contributed by atoms with Crippen molar-refractivity contribution >= 4 is 39.5 Å². The second-order valence-electron chi connectivity index (χ2n) is 23.3. The van der Waals surface area contributed by atoms with E-state index in [4.69, 9.17) is 37.0 Å². The number of hydrogen-bond acceptors (Lipinski definition) is 15. The molecular weight excluding hydrogens is 1090 g/mol. The number of carbonyl (C=O) groups excluding carboxylic acids is 4. The zero-order valence-corrected chi connectivity index (χ0v) is 54.4. The van der Waals surface area contributed by atoms with E-state index in [1.165, 1.54) is 128 Å². The van der Waals surface area contributed by atoms with Gasteiger partial charge in [0.05, 0.1) is 26.4 Å². The van der Waals surface area contributed by atoms with E-state index in [1.54, 1.807) is 0 Å². The van der Waals surface area contributed by atoms with Crippen molar-refractivity contribution in [3.8, 4) is 0 Å². The van der Waals surface area contributed by atoms with Crippen molar-refractivity contribution in [2.45, 2.75) is 335 Å². The Bertz CT molecular complexity index is 1600. The molecule has 0 saturated carbocycles. The van der Waals surface area contributed by atoms with E-state index in [0.29, 0.717) is 31.6 Å². The number of esters is 4. The SMILES string of the molecule is CCCCCCCCCCCCCCCCCCCC(=O)O[C@H](COC(=O)CCCCCCCCCC(C)C)COP(=O)(O)OC[C@@H](O)COP(=O)(O)OC[C@@H](COC(=O)CCCCCCC)OC(=O)CCCCCCCCCCCC. The van der Waals surface area contributed by atoms with E-state index in [1.807, 2.05) is 0 Å². The van der Waals surface area contributed by atoms with Gasteiger partial charge in [-0.2, -0.15) is 0 Å². The standard InChI is InChI=1S/C63H122O17P2/c1-6-9-12-15-17-19-21-22-23-24-25-26-27-29-33-39-44-49-63(68)80-59(53-74-61(66)47-42-37-34-30-31-36-40-45-56(4)5)55-78-82(71,72)76-51-57(64)50-75-81(69,70)77-54-58(52-73-60(65)46-41-35-14-11-8-3)79-62(67)48-43-38-32-28-20-18-16-13-10-7-2/h56-59,64H,6-55H2,1-5H3,(H,69,70)(H,71,72)/t57-,58+,59+/m0/s1. The molecule has 0 aliphatic carbocycles. The van der Waals surface area contributed by atoms with Crippen LogP contribution in [0.25, 0.3) is 0 Å². The number of hydrogen-bond donors (Lipinski definition) is 3. The fourth-order valence-electron chi connectivity index (χ4n) is 9.41. The molecule has 0 amide bonds. The normalized spacial score (nSPS) is 14.3. The molecule has 17 nitrogen and oxygen atoms in total. The van der Waals surface area contributed by atoms with E-state index < -0.39 is 97.5 Å². The first-order valence-corrected chi connectivity index (χ1v) is 36.1. The number of carbonyl (C=O) groups is 4. The lowest BCUT2D eigenvalue weighted by Gasteiger charge is -2.21. The molecule has 0 bridgehead atoms. The van der Waals surface area contributed by atoms with Crippen LogP contribution in [0.2, 0.25) is 0 Å². The minimum absolute atomic E-state index is 0.105. The van der Waals surface area contributed by atoms with Gasteiger partial charge in [0.15, 0.2) is 12.2 Å². The highest BCUT2D eigenvalue weighted by Crippen LogP contribution is 2.45. The van der Waals surface area contributed by atoms with E-state index in [-0.39, 0.29) is 25.7 Å². The molecule has 0 aromatic rings. The van der Waals surface area contributed by atoms with Gasteiger partial charge in [-0.3, -0.25) is 37.3 Å². The molecule has 0 fully saturated rings. The van der Waals surface area contributed by atoms with Crippen molar-refractivity contribution < 1.29 is 80.2 Å². The maximum atomic E-state index is 13.0. The maximum absolute atomic E-state index is 13.0. The molecule has 19 heteroatoms. The van der Waals surface area contributed by atoms with E-state index in [0.717, 1.165) is 103 Å². The van der Waals surface area contributed by atoms with E-state index in [2.05, 4.69) is 34.6 Å². The van der Waals surface area contributed by atoms with Crippen LogP contribution in [0.1, 0.15) is 317 Å². The molecule has 82 heavy (non-hydrogen) atoms. The molecular formula is C63H122O17P2. The van der Waals surface area contributed by atoms with Crippen LogP contribution in [0.3, 0.4) is 0 Å². The number of phosphoric acid groups is 2. The molecule has 5 atom stereocenters. The zero-order valence-electron chi connectivity index (χ0n) is 52.6. The Balaban J connectivity index is 5.14. The summed E-state index contributed by atoms with van der Waals surface area (Å²) in [6, 6.07) is 0. The van der Waals surface area contributed by atoms with Crippen LogP contribution < -0.4 is 0 Å². The topological polar surface area (TPSA) is 237 Å². The molecule has 0 aliphatic heterocycles. The molecule has 0 saturated heterocycles. The Morgan fingerprint density at radius 1 is 0.329 bits per heavy atom. The average Bonchev–Trinajstić information content (AvgIpc) is 3.44. The summed E-state index contributed by atoms with van der Waals surface area (Å²) in [7, 11) is -9.87. The van der Waals surface area contributed by atoms with Gasteiger partial charge in [0, 0.05) is 25.7 Å². The number of aliphatic hydroxyl groups is 1. The highest BCUT2D eigenvalue weighted by atomic mass is 31.2. The molecule has 3 N–H and O–H groups in total. The Morgan fingerprint density at radius 2 is 0.561 bits per heavy atom. The molecule has 0 rings (SSSR count). The molecule has 0 aromatic heterocycles. The summed E-state index contributed by atoms with van der Waals surface area (Å²) in [6.07, 6.45) is 40.8. The third-order valence-electron chi connectivity index (χ3n) is 14.5. The Labute approximate surface area is 498 Å². The summed E-state index contributed by atoms with van der Waals surface area (Å²) in [5.41, 5.74) is 0. The monoisotopic (exact) mass is 1210 g/mol. The van der Waals surface area contributed by atoms with Crippen molar-refractivity contribution in [1.82, 2.24) is 0 Å². The van der Waals surface area contributed by atoms with Gasteiger partial charge >= 0.3 is 39.5 Å². The highest BCUT2D eigenvalue weighted by Gasteiger charge is 2.30. The summed E-state index contributed by atoms with van der Waals surface area (Å²) in [4.78, 5) is 71.9. The Hall–Kier alpha value is -1.94. The number of phosphoric ester groups is 2. The fourth-order valence-corrected chi connectivity index (χ4v) is 11.0. The van der Waals surface area contributed by atoms with Crippen LogP contribution in [0.15, 0.2) is 0 Å². The quantitative estimate of drug-likeness (QED) is 0.0222. The third kappa shape index (κ3) is 57.2. The predicted octanol–water partition coefficient (Wildman–Crippen LogP) is 17.4. The number of unbranched alkanes of at least 4 members (excludes halogenated alkanes) is 35. The molecule has 0 aromatic carbocycles.